The van der Waals surface area contributed by atoms with E-state index in [-0.39, 0.29) is 5.92 Å². The highest BCUT2D eigenvalue weighted by Crippen LogP contribution is 2.18. The van der Waals surface area contributed by atoms with Gasteiger partial charge in [-0.1, -0.05) is 39.5 Å². The number of carbonyl (C=O) groups excluding carboxylic acids is 1. The van der Waals surface area contributed by atoms with Gasteiger partial charge in [0.2, 0.25) is 0 Å². The lowest BCUT2D eigenvalue weighted by Crippen LogP contribution is -2.29. The predicted octanol–water partition coefficient (Wildman–Crippen LogP) is 3.13. The topological polar surface area (TPSA) is 80.4 Å². The minimum atomic E-state index is -0.943. The Kier molecular flexibility index (Phi) is 10.5. The first-order valence-electron chi connectivity index (χ1n) is 7.54. The van der Waals surface area contributed by atoms with E-state index in [0.717, 1.165) is 44.9 Å². The number of carboxylic acids is 1. The number of Topliss-reactive ketones (excluding diaryl/α,β-unsaturated/α-hetero) is 1. The molecule has 19 heavy (non-hydrogen) atoms. The molecule has 0 radical (unpaired) electrons. The van der Waals surface area contributed by atoms with Crippen molar-refractivity contribution >= 4 is 11.8 Å². The van der Waals surface area contributed by atoms with Gasteiger partial charge in [0.1, 0.15) is 11.8 Å². The Bertz CT molecular complexity index is 260. The van der Waals surface area contributed by atoms with Crippen LogP contribution >= 0.6 is 0 Å². The molecule has 0 aliphatic heterocycles. The monoisotopic (exact) mass is 271 g/mol. The highest BCUT2D eigenvalue weighted by Gasteiger charge is 2.16. The lowest BCUT2D eigenvalue weighted by Gasteiger charge is -2.13. The maximum absolute atomic E-state index is 12.0. The van der Waals surface area contributed by atoms with Gasteiger partial charge < -0.3 is 10.8 Å². The van der Waals surface area contributed by atoms with Crippen LogP contribution < -0.4 is 5.73 Å². The van der Waals surface area contributed by atoms with E-state index < -0.39 is 12.0 Å². The number of ketones is 1. The van der Waals surface area contributed by atoms with Gasteiger partial charge in [-0.3, -0.25) is 9.59 Å². The minimum Gasteiger partial charge on any atom is -0.480 e. The number of unbranched alkanes of at least 4 members (excludes halogenated alkanes) is 2. The zero-order valence-corrected chi connectivity index (χ0v) is 12.4. The van der Waals surface area contributed by atoms with Crippen LogP contribution in [0.4, 0.5) is 0 Å². The van der Waals surface area contributed by atoms with Crippen molar-refractivity contribution in [2.24, 2.45) is 11.7 Å². The molecule has 0 aromatic heterocycles. The van der Waals surface area contributed by atoms with Gasteiger partial charge >= 0.3 is 5.97 Å². The third kappa shape index (κ3) is 8.76. The number of hydrogen-bond donors (Lipinski definition) is 2. The van der Waals surface area contributed by atoms with Crippen LogP contribution in [0.1, 0.15) is 71.6 Å². The van der Waals surface area contributed by atoms with Crippen LogP contribution in [-0.4, -0.2) is 22.9 Å². The summed E-state index contributed by atoms with van der Waals surface area (Å²) in [4.78, 5) is 22.5. The largest absolute Gasteiger partial charge is 0.480 e. The van der Waals surface area contributed by atoms with Crippen LogP contribution in [0.2, 0.25) is 0 Å². The van der Waals surface area contributed by atoms with E-state index in [1.54, 1.807) is 0 Å². The summed E-state index contributed by atoms with van der Waals surface area (Å²) < 4.78 is 0. The molecular weight excluding hydrogens is 242 g/mol. The number of rotatable bonds is 12. The van der Waals surface area contributed by atoms with Crippen LogP contribution in [0.5, 0.6) is 0 Å². The Labute approximate surface area is 116 Å². The van der Waals surface area contributed by atoms with E-state index in [4.69, 9.17) is 10.8 Å². The van der Waals surface area contributed by atoms with E-state index in [1.165, 1.54) is 0 Å². The normalized spacial score (nSPS) is 12.6. The average Bonchev–Trinajstić information content (AvgIpc) is 2.37. The first-order chi connectivity index (χ1) is 9.02. The zero-order chi connectivity index (χ0) is 14.7. The minimum absolute atomic E-state index is 0.233. The number of hydrogen-bond acceptors (Lipinski definition) is 3. The molecule has 1 unspecified atom stereocenters. The van der Waals surface area contributed by atoms with Crippen LogP contribution in [0.15, 0.2) is 0 Å². The molecule has 4 nitrogen and oxygen atoms in total. The molecule has 0 aromatic rings. The molecular formula is C15H29NO3. The van der Waals surface area contributed by atoms with Crippen LogP contribution in [-0.2, 0) is 9.59 Å². The molecule has 4 heteroatoms. The molecule has 0 spiro atoms. The molecule has 0 amide bonds. The summed E-state index contributed by atoms with van der Waals surface area (Å²) in [5, 5.41) is 8.64. The number of carbonyl (C=O) groups is 2. The van der Waals surface area contributed by atoms with E-state index in [2.05, 4.69) is 13.8 Å². The van der Waals surface area contributed by atoms with E-state index in [0.29, 0.717) is 18.6 Å². The van der Waals surface area contributed by atoms with Crippen molar-refractivity contribution < 1.29 is 14.7 Å². The first kappa shape index (κ1) is 18.1. The molecule has 0 saturated carbocycles. The van der Waals surface area contributed by atoms with Crippen molar-refractivity contribution in [3.63, 3.8) is 0 Å². The lowest BCUT2D eigenvalue weighted by atomic mass is 9.91. The first-order valence-corrected chi connectivity index (χ1v) is 7.54. The van der Waals surface area contributed by atoms with Gasteiger partial charge in [0.25, 0.3) is 0 Å². The second kappa shape index (κ2) is 11.0. The maximum atomic E-state index is 12.0. The fourth-order valence-corrected chi connectivity index (χ4v) is 2.33. The molecule has 0 aliphatic carbocycles. The third-order valence-electron chi connectivity index (χ3n) is 3.49. The summed E-state index contributed by atoms with van der Waals surface area (Å²) in [6.45, 7) is 4.23. The Morgan fingerprint density at radius 3 is 2.05 bits per heavy atom. The molecule has 1 atom stereocenters. The highest BCUT2D eigenvalue weighted by atomic mass is 16.4. The molecule has 0 rings (SSSR count). The van der Waals surface area contributed by atoms with Crippen molar-refractivity contribution in [1.29, 1.82) is 0 Å². The third-order valence-corrected chi connectivity index (χ3v) is 3.49. The number of nitrogens with two attached hydrogens (primary N) is 1. The van der Waals surface area contributed by atoms with Gasteiger partial charge in [-0.05, 0) is 25.7 Å². The lowest BCUT2D eigenvalue weighted by molar-refractivity contribution is -0.138. The van der Waals surface area contributed by atoms with Gasteiger partial charge in [-0.2, -0.15) is 0 Å². The summed E-state index contributed by atoms with van der Waals surface area (Å²) in [6, 6.07) is -0.761. The molecule has 0 heterocycles. The van der Waals surface area contributed by atoms with Crippen molar-refractivity contribution in [2.45, 2.75) is 77.7 Å². The predicted molar refractivity (Wildman–Crippen MR) is 77.0 cm³/mol. The quantitative estimate of drug-likeness (QED) is 0.534. The van der Waals surface area contributed by atoms with Crippen molar-refractivity contribution in [2.75, 3.05) is 0 Å². The van der Waals surface area contributed by atoms with Gasteiger partial charge in [-0.15, -0.1) is 0 Å². The molecule has 112 valence electrons. The molecule has 0 fully saturated rings. The van der Waals surface area contributed by atoms with Gasteiger partial charge in [0.15, 0.2) is 0 Å². The molecule has 0 saturated heterocycles. The summed E-state index contributed by atoms with van der Waals surface area (Å²) in [7, 11) is 0. The second-order valence-corrected chi connectivity index (χ2v) is 5.28. The zero-order valence-electron chi connectivity index (χ0n) is 12.4. The van der Waals surface area contributed by atoms with Crippen molar-refractivity contribution in [1.82, 2.24) is 0 Å². The smallest absolute Gasteiger partial charge is 0.320 e. The molecule has 0 aliphatic rings. The number of carboxylic acid groups (broad SMARTS) is 1. The molecule has 0 aromatic carbocycles. The standard InChI is InChI=1S/C15H29NO3/c1-3-8-12(9-4-2)14(17)11-7-5-6-10-13(16)15(18)19/h12-13H,3-11,16H2,1-2H3,(H,18,19). The Morgan fingerprint density at radius 2 is 1.58 bits per heavy atom. The highest BCUT2D eigenvalue weighted by molar-refractivity contribution is 5.80. The molecule has 3 N–H and O–H groups in total. The fourth-order valence-electron chi connectivity index (χ4n) is 2.33. The number of aliphatic carboxylic acids is 1. The van der Waals surface area contributed by atoms with Gasteiger partial charge in [0, 0.05) is 12.3 Å². The summed E-state index contributed by atoms with van der Waals surface area (Å²) in [6.07, 6.45) is 7.77. The fraction of sp³-hybridized carbons (Fsp3) is 0.867. The van der Waals surface area contributed by atoms with Crippen LogP contribution in [0, 0.1) is 5.92 Å². The SMILES string of the molecule is CCCC(CCC)C(=O)CCCCCC(N)C(=O)O. The Hall–Kier alpha value is -0.900. The van der Waals surface area contributed by atoms with E-state index in [9.17, 15) is 9.59 Å². The maximum Gasteiger partial charge on any atom is 0.320 e. The summed E-state index contributed by atoms with van der Waals surface area (Å²) in [5.74, 6) is -0.329. The second-order valence-electron chi connectivity index (χ2n) is 5.28. The van der Waals surface area contributed by atoms with Crippen LogP contribution in [0.25, 0.3) is 0 Å². The Balaban J connectivity index is 3.74. The average molecular weight is 271 g/mol. The van der Waals surface area contributed by atoms with E-state index >= 15 is 0 Å². The van der Waals surface area contributed by atoms with Crippen molar-refractivity contribution in [3.8, 4) is 0 Å². The summed E-state index contributed by atoms with van der Waals surface area (Å²) in [5.41, 5.74) is 5.42. The summed E-state index contributed by atoms with van der Waals surface area (Å²) >= 11 is 0. The van der Waals surface area contributed by atoms with E-state index in [1.807, 2.05) is 0 Å². The van der Waals surface area contributed by atoms with Crippen molar-refractivity contribution in [3.05, 3.63) is 0 Å². The van der Waals surface area contributed by atoms with Gasteiger partial charge in [-0.25, -0.2) is 0 Å². The van der Waals surface area contributed by atoms with Crippen LogP contribution in [0.3, 0.4) is 0 Å². The van der Waals surface area contributed by atoms with Gasteiger partial charge in [0.05, 0.1) is 0 Å². The Morgan fingerprint density at radius 1 is 1.00 bits per heavy atom. The molecule has 0 bridgehead atoms.